The van der Waals surface area contributed by atoms with E-state index in [1.54, 1.807) is 0 Å². The molecular weight excluding hydrogens is 223 g/mol. The Kier molecular flexibility index (Phi) is 7.95. The van der Waals surface area contributed by atoms with Crippen molar-refractivity contribution in [1.29, 1.82) is 0 Å². The number of halogens is 4. The van der Waals surface area contributed by atoms with Crippen LogP contribution in [0.25, 0.3) is 0 Å². The van der Waals surface area contributed by atoms with Gasteiger partial charge in [-0.05, 0) is 11.4 Å². The summed E-state index contributed by atoms with van der Waals surface area (Å²) >= 11 is 2.67. The van der Waals surface area contributed by atoms with Crippen molar-refractivity contribution >= 4 is 22.9 Å². The molecule has 0 aliphatic rings. The molecule has 0 unspecified atom stereocenters. The minimum atomic E-state index is -4.75. The second-order valence-corrected chi connectivity index (χ2v) is 2.63. The van der Waals surface area contributed by atoms with Gasteiger partial charge in [0.15, 0.2) is 0 Å². The Labute approximate surface area is 103 Å². The van der Waals surface area contributed by atoms with Crippen molar-refractivity contribution in [2.45, 2.75) is 6.92 Å². The van der Waals surface area contributed by atoms with Gasteiger partial charge in [-0.15, -0.1) is 5.98 Å². The number of rotatable bonds is 1. The predicted octanol–water partition coefficient (Wildman–Crippen LogP) is -0.324. The van der Waals surface area contributed by atoms with E-state index in [4.69, 9.17) is 0 Å². The SMILES string of the molecule is CC(Br)=C[B-](F)(F)F.[K+]. The van der Waals surface area contributed by atoms with Gasteiger partial charge >= 0.3 is 58.4 Å². The Balaban J connectivity index is 0. The topological polar surface area (TPSA) is 0 Å². The number of hydrogen-bond donors (Lipinski definition) is 0. The van der Waals surface area contributed by atoms with Gasteiger partial charge in [0.25, 0.3) is 0 Å². The first-order valence-electron chi connectivity index (χ1n) is 1.97. The molecule has 0 radical (unpaired) electrons. The van der Waals surface area contributed by atoms with Crippen LogP contribution in [0, 0.1) is 0 Å². The van der Waals surface area contributed by atoms with Crippen molar-refractivity contribution in [1.82, 2.24) is 0 Å². The molecule has 0 rings (SSSR count). The third-order valence-corrected chi connectivity index (χ3v) is 0.683. The van der Waals surface area contributed by atoms with E-state index in [1.165, 1.54) is 6.92 Å². The quantitative estimate of drug-likeness (QED) is 0.538. The van der Waals surface area contributed by atoms with Crippen molar-refractivity contribution in [3.8, 4) is 0 Å². The normalized spacial score (nSPS) is 12.8. The molecule has 0 saturated carbocycles. The molecule has 0 atom stereocenters. The Morgan fingerprint density at radius 2 is 1.78 bits per heavy atom. The molecule has 0 aromatic rings. The largest absolute Gasteiger partial charge is 1.00 e. The second-order valence-electron chi connectivity index (χ2n) is 1.38. The van der Waals surface area contributed by atoms with Crippen LogP contribution in [0.3, 0.4) is 0 Å². The summed E-state index contributed by atoms with van der Waals surface area (Å²) in [6, 6.07) is 0. The molecule has 9 heavy (non-hydrogen) atoms. The molecule has 0 N–H and O–H groups in total. The minimum absolute atomic E-state index is 0. The summed E-state index contributed by atoms with van der Waals surface area (Å²) < 4.78 is 33.9. The van der Waals surface area contributed by atoms with E-state index in [0.717, 1.165) is 0 Å². The van der Waals surface area contributed by atoms with Gasteiger partial charge in [-0.2, -0.15) is 0 Å². The zero-order valence-corrected chi connectivity index (χ0v) is 9.88. The molecule has 0 bridgehead atoms. The third-order valence-electron chi connectivity index (χ3n) is 0.419. The summed E-state index contributed by atoms with van der Waals surface area (Å²) in [6.07, 6.45) is 0. The maximum atomic E-state index is 11.3. The average molecular weight is 227 g/mol. The fourth-order valence-corrected chi connectivity index (χ4v) is 0.560. The number of hydrogen-bond acceptors (Lipinski definition) is 0. The van der Waals surface area contributed by atoms with Crippen molar-refractivity contribution in [3.63, 3.8) is 0 Å². The maximum absolute atomic E-state index is 11.3. The smallest absolute Gasteiger partial charge is 0.445 e. The van der Waals surface area contributed by atoms with E-state index < -0.39 is 6.98 Å². The molecule has 0 aromatic carbocycles. The van der Waals surface area contributed by atoms with Gasteiger partial charge in [-0.25, -0.2) is 0 Å². The zero-order valence-electron chi connectivity index (χ0n) is 5.17. The third kappa shape index (κ3) is 12.8. The van der Waals surface area contributed by atoms with Crippen LogP contribution in [0.4, 0.5) is 12.9 Å². The Bertz CT molecular complexity index is 106. The first-order valence-corrected chi connectivity index (χ1v) is 2.76. The van der Waals surface area contributed by atoms with E-state index >= 15 is 0 Å². The van der Waals surface area contributed by atoms with E-state index in [9.17, 15) is 12.9 Å². The summed E-state index contributed by atoms with van der Waals surface area (Å²) in [4.78, 5) is 0. The minimum Gasteiger partial charge on any atom is -0.445 e. The van der Waals surface area contributed by atoms with E-state index in [2.05, 4.69) is 15.9 Å². The van der Waals surface area contributed by atoms with Crippen molar-refractivity contribution < 1.29 is 64.3 Å². The molecule has 0 aliphatic heterocycles. The van der Waals surface area contributed by atoms with Crippen LogP contribution < -0.4 is 51.4 Å². The molecule has 0 spiro atoms. The average Bonchev–Trinajstić information content (AvgIpc) is 1.21. The molecule has 0 saturated heterocycles. The predicted molar refractivity (Wildman–Crippen MR) is 31.8 cm³/mol. The molecule has 0 aromatic heterocycles. The van der Waals surface area contributed by atoms with Gasteiger partial charge < -0.3 is 12.9 Å². The van der Waals surface area contributed by atoms with Crippen LogP contribution >= 0.6 is 15.9 Å². The molecular formula is C3H4BBrF3K. The van der Waals surface area contributed by atoms with Gasteiger partial charge in [0, 0.05) is 0 Å². The van der Waals surface area contributed by atoms with Crippen molar-refractivity contribution in [2.24, 2.45) is 0 Å². The monoisotopic (exact) mass is 226 g/mol. The van der Waals surface area contributed by atoms with Crippen LogP contribution in [0.5, 0.6) is 0 Å². The molecule has 0 heterocycles. The molecule has 0 aliphatic carbocycles. The number of allylic oxidation sites excluding steroid dienone is 1. The molecule has 0 fully saturated rings. The van der Waals surface area contributed by atoms with Gasteiger partial charge in [0.05, 0.1) is 0 Å². The molecule has 0 amide bonds. The van der Waals surface area contributed by atoms with Crippen LogP contribution in [0.1, 0.15) is 6.92 Å². The second kappa shape index (κ2) is 5.37. The molecule has 48 valence electrons. The van der Waals surface area contributed by atoms with Gasteiger partial charge in [0.2, 0.25) is 0 Å². The van der Waals surface area contributed by atoms with Crippen LogP contribution in [-0.2, 0) is 0 Å². The summed E-state index contributed by atoms with van der Waals surface area (Å²) in [5, 5.41) is 0. The fraction of sp³-hybridized carbons (Fsp3) is 0.333. The summed E-state index contributed by atoms with van der Waals surface area (Å²) in [5.41, 5.74) is 0. The van der Waals surface area contributed by atoms with E-state index in [-0.39, 0.29) is 61.8 Å². The van der Waals surface area contributed by atoms with Crippen LogP contribution in [0.2, 0.25) is 0 Å². The molecule has 0 nitrogen and oxygen atoms in total. The Morgan fingerprint density at radius 1 is 1.44 bits per heavy atom. The van der Waals surface area contributed by atoms with Crippen LogP contribution in [0.15, 0.2) is 10.5 Å². The first-order chi connectivity index (χ1) is 3.42. The summed E-state index contributed by atoms with van der Waals surface area (Å²) in [7, 11) is 0. The Morgan fingerprint density at radius 3 is 1.78 bits per heavy atom. The van der Waals surface area contributed by atoms with Crippen LogP contribution in [-0.4, -0.2) is 6.98 Å². The maximum Gasteiger partial charge on any atom is 1.00 e. The van der Waals surface area contributed by atoms with Gasteiger partial charge in [0.1, 0.15) is 0 Å². The van der Waals surface area contributed by atoms with E-state index in [0.29, 0.717) is 0 Å². The van der Waals surface area contributed by atoms with Gasteiger partial charge in [-0.1, -0.05) is 15.9 Å². The first kappa shape index (κ1) is 13.3. The standard InChI is InChI=1S/C3H4BBrF3.K/c1-3(5)2-4(6,7)8;/h2H,1H3;/q-1;+1. The Hall–Kier alpha value is 1.71. The fourth-order valence-electron chi connectivity index (χ4n) is 0.260. The van der Waals surface area contributed by atoms with Crippen molar-refractivity contribution in [2.75, 3.05) is 0 Å². The van der Waals surface area contributed by atoms with E-state index in [1.807, 2.05) is 0 Å². The molecule has 6 heteroatoms. The summed E-state index contributed by atoms with van der Waals surface area (Å²) in [5.74, 6) is 0.250. The van der Waals surface area contributed by atoms with Gasteiger partial charge in [-0.3, -0.25) is 0 Å². The van der Waals surface area contributed by atoms with Crippen molar-refractivity contribution in [3.05, 3.63) is 10.5 Å². The summed E-state index contributed by atoms with van der Waals surface area (Å²) in [6.45, 7) is -3.40. The zero-order chi connectivity index (χ0) is 6.78.